The molecule has 1 unspecified atom stereocenters. The lowest BCUT2D eigenvalue weighted by Gasteiger charge is -2.40. The molecule has 1 N–H and O–H groups in total. The lowest BCUT2D eigenvalue weighted by molar-refractivity contribution is 0.487. The molecule has 0 saturated heterocycles. The molecule has 0 aromatic heterocycles. The summed E-state index contributed by atoms with van der Waals surface area (Å²) in [6.07, 6.45) is 13.9. The van der Waals surface area contributed by atoms with Crippen molar-refractivity contribution < 1.29 is 4.21 Å². The summed E-state index contributed by atoms with van der Waals surface area (Å²) in [7, 11) is -1.45. The second-order valence-electron chi connectivity index (χ2n) is 12.5. The van der Waals surface area contributed by atoms with E-state index in [1.807, 2.05) is 0 Å². The molecule has 39 heavy (non-hydrogen) atoms. The van der Waals surface area contributed by atoms with Crippen molar-refractivity contribution >= 4 is 24.2 Å². The Bertz CT molecular complexity index is 1190. The van der Waals surface area contributed by atoms with Gasteiger partial charge < -0.3 is 0 Å². The third-order valence-corrected chi connectivity index (χ3v) is 13.7. The number of hydrogen-bond donors (Lipinski definition) is 1. The molecule has 2 aliphatic rings. The molecule has 4 heteroatoms. The van der Waals surface area contributed by atoms with Gasteiger partial charge in [-0.2, -0.15) is 0 Å². The molecule has 2 nitrogen and oxygen atoms in total. The van der Waals surface area contributed by atoms with Crippen molar-refractivity contribution in [1.29, 1.82) is 0 Å². The minimum atomic E-state index is -1.18. The molecule has 2 atom stereocenters. The van der Waals surface area contributed by atoms with E-state index in [-0.39, 0.29) is 18.7 Å². The second kappa shape index (κ2) is 13.2. The van der Waals surface area contributed by atoms with Gasteiger partial charge in [-0.25, -0.2) is 8.93 Å². The van der Waals surface area contributed by atoms with E-state index in [1.54, 1.807) is 5.30 Å². The summed E-state index contributed by atoms with van der Waals surface area (Å²) >= 11 is 0. The van der Waals surface area contributed by atoms with Crippen LogP contribution in [0.15, 0.2) is 78.9 Å². The minimum Gasteiger partial charge on any atom is -0.242 e. The van der Waals surface area contributed by atoms with Gasteiger partial charge in [0.25, 0.3) is 0 Å². The summed E-state index contributed by atoms with van der Waals surface area (Å²) in [6.45, 7) is 6.19. The Labute approximate surface area is 240 Å². The molecular weight excluding hydrogens is 513 g/mol. The first-order valence-electron chi connectivity index (χ1n) is 15.1. The summed E-state index contributed by atoms with van der Waals surface area (Å²) in [6, 6.07) is 28.7. The van der Waals surface area contributed by atoms with E-state index in [1.165, 1.54) is 86.5 Å². The average molecular weight is 560 g/mol. The smallest absolute Gasteiger partial charge is 0.0979 e. The number of benzene rings is 3. The van der Waals surface area contributed by atoms with Gasteiger partial charge in [0.1, 0.15) is 0 Å². The molecule has 3 aromatic carbocycles. The topological polar surface area (TPSA) is 29.1 Å². The largest absolute Gasteiger partial charge is 0.242 e. The Morgan fingerprint density at radius 3 is 1.77 bits per heavy atom. The van der Waals surface area contributed by atoms with Crippen LogP contribution in [0.5, 0.6) is 0 Å². The van der Waals surface area contributed by atoms with Crippen molar-refractivity contribution in [3.63, 3.8) is 0 Å². The highest BCUT2D eigenvalue weighted by atomic mass is 32.2. The lowest BCUT2D eigenvalue weighted by Crippen LogP contribution is -2.38. The Morgan fingerprint density at radius 2 is 1.21 bits per heavy atom. The van der Waals surface area contributed by atoms with Crippen LogP contribution in [0.4, 0.5) is 0 Å². The highest BCUT2D eigenvalue weighted by Crippen LogP contribution is 2.56. The molecule has 0 amide bonds. The van der Waals surface area contributed by atoms with Crippen molar-refractivity contribution in [3.8, 4) is 11.1 Å². The third kappa shape index (κ3) is 7.10. The van der Waals surface area contributed by atoms with E-state index in [0.29, 0.717) is 0 Å². The van der Waals surface area contributed by atoms with Crippen molar-refractivity contribution in [2.75, 3.05) is 0 Å². The van der Waals surface area contributed by atoms with Crippen molar-refractivity contribution in [1.82, 2.24) is 4.72 Å². The summed E-state index contributed by atoms with van der Waals surface area (Å²) in [5, 5.41) is 1.57. The Hall–Kier alpha value is -1.80. The number of hydrogen-bond acceptors (Lipinski definition) is 1. The molecular formula is C35H46NOPS. The zero-order valence-corrected chi connectivity index (χ0v) is 25.8. The van der Waals surface area contributed by atoms with Crippen LogP contribution in [0.2, 0.25) is 0 Å². The highest BCUT2D eigenvalue weighted by Gasteiger charge is 2.35. The first-order valence-corrected chi connectivity index (χ1v) is 17.8. The summed E-state index contributed by atoms with van der Waals surface area (Å²) < 4.78 is 16.9. The maximum Gasteiger partial charge on any atom is 0.0979 e. The predicted octanol–water partition coefficient (Wildman–Crippen LogP) is 9.27. The van der Waals surface area contributed by atoms with Crippen LogP contribution in [0, 0.1) is 0 Å². The fraction of sp³-hybridized carbons (Fsp3) is 0.486. The minimum absolute atomic E-state index is 0.0942. The van der Waals surface area contributed by atoms with Crippen molar-refractivity contribution in [2.45, 2.75) is 107 Å². The third-order valence-electron chi connectivity index (χ3n) is 8.59. The van der Waals surface area contributed by atoms with Crippen LogP contribution in [0.1, 0.15) is 102 Å². The molecule has 208 valence electrons. The highest BCUT2D eigenvalue weighted by molar-refractivity contribution is 7.84. The monoisotopic (exact) mass is 559 g/mol. The van der Waals surface area contributed by atoms with E-state index in [4.69, 9.17) is 0 Å². The Kier molecular flexibility index (Phi) is 9.75. The molecule has 2 aliphatic carbocycles. The van der Waals surface area contributed by atoms with Gasteiger partial charge in [0.2, 0.25) is 0 Å². The molecule has 0 aliphatic heterocycles. The van der Waals surface area contributed by atoms with Gasteiger partial charge in [0.05, 0.1) is 21.8 Å². The average Bonchev–Trinajstić information content (AvgIpc) is 2.97. The van der Waals surface area contributed by atoms with Gasteiger partial charge in [-0.15, -0.1) is 0 Å². The van der Waals surface area contributed by atoms with E-state index in [9.17, 15) is 4.21 Å². The molecule has 2 saturated carbocycles. The molecule has 0 heterocycles. The first kappa shape index (κ1) is 28.7. The zero-order valence-electron chi connectivity index (χ0n) is 24.1. The van der Waals surface area contributed by atoms with Gasteiger partial charge >= 0.3 is 0 Å². The maximum absolute atomic E-state index is 13.6. The van der Waals surface area contributed by atoms with Gasteiger partial charge in [-0.1, -0.05) is 125 Å². The normalized spacial score (nSPS) is 19.2. The fourth-order valence-corrected chi connectivity index (χ4v) is 11.3. The van der Waals surface area contributed by atoms with Crippen LogP contribution in [0.3, 0.4) is 0 Å². The zero-order chi connectivity index (χ0) is 27.2. The molecule has 0 radical (unpaired) electrons. The van der Waals surface area contributed by atoms with Gasteiger partial charge in [-0.3, -0.25) is 0 Å². The quantitative estimate of drug-likeness (QED) is 0.274. The molecule has 3 aromatic rings. The lowest BCUT2D eigenvalue weighted by atomic mass is 9.96. The van der Waals surface area contributed by atoms with Gasteiger partial charge in [0.15, 0.2) is 0 Å². The SMILES string of the molecule is CC(C)(C)[S@@](=O)NC(c1ccc(-c2ccccc2)cc1)c1ccccc1P(C1CCCCC1)C1CCCCC1. The molecule has 2 fully saturated rings. The first-order chi connectivity index (χ1) is 18.9. The summed E-state index contributed by atoms with van der Waals surface area (Å²) in [5.74, 6) is 0. The van der Waals surface area contributed by atoms with Crippen molar-refractivity contribution in [3.05, 3.63) is 90.0 Å². The molecule has 0 spiro atoms. The second-order valence-corrected chi connectivity index (χ2v) is 17.2. The van der Waals surface area contributed by atoms with E-state index < -0.39 is 11.0 Å². The van der Waals surface area contributed by atoms with Crippen LogP contribution >= 0.6 is 7.92 Å². The Morgan fingerprint density at radius 1 is 0.692 bits per heavy atom. The summed E-state index contributed by atoms with van der Waals surface area (Å²) in [4.78, 5) is 0. The maximum atomic E-state index is 13.6. The Balaban J connectivity index is 1.57. The predicted molar refractivity (Wildman–Crippen MR) is 171 cm³/mol. The van der Waals surface area contributed by atoms with E-state index >= 15 is 0 Å². The van der Waals surface area contributed by atoms with Gasteiger partial charge in [-0.05, 0) is 85.3 Å². The van der Waals surface area contributed by atoms with Crippen molar-refractivity contribution in [2.24, 2.45) is 0 Å². The molecule has 0 bridgehead atoms. The summed E-state index contributed by atoms with van der Waals surface area (Å²) in [5.41, 5.74) is 6.64. The van der Waals surface area contributed by atoms with E-state index in [2.05, 4.69) is 104 Å². The number of rotatable bonds is 8. The van der Waals surface area contributed by atoms with Crippen LogP contribution in [0.25, 0.3) is 11.1 Å². The van der Waals surface area contributed by atoms with Gasteiger partial charge in [0, 0.05) is 0 Å². The molecule has 5 rings (SSSR count). The fourth-order valence-electron chi connectivity index (χ4n) is 6.47. The van der Waals surface area contributed by atoms with E-state index in [0.717, 1.165) is 11.3 Å². The number of nitrogens with one attached hydrogen (secondary N) is 1. The standard InChI is InChI=1S/C35H46NOPS/c1-35(2,3)39(37)36-34(29-25-23-28(24-26-29)27-15-7-4-8-16-27)32-21-13-14-22-33(32)38(30-17-9-5-10-18-30)31-19-11-6-12-20-31/h4,7-8,13-16,21-26,30-31,34,36H,5-6,9-12,17-20H2,1-3H3/t34?,39-/m1/s1. The van der Waals surface area contributed by atoms with Crippen LogP contribution in [-0.2, 0) is 11.0 Å². The van der Waals surface area contributed by atoms with Crippen LogP contribution in [-0.4, -0.2) is 20.3 Å². The van der Waals surface area contributed by atoms with Crippen LogP contribution < -0.4 is 10.0 Å².